The molecule has 1 fully saturated rings. The van der Waals surface area contributed by atoms with Crippen molar-refractivity contribution in [1.29, 1.82) is 0 Å². The fourth-order valence-electron chi connectivity index (χ4n) is 2.14. The normalized spacial score (nSPS) is 17.6. The Morgan fingerprint density at radius 3 is 2.62 bits per heavy atom. The molecule has 4 nitrogen and oxygen atoms in total. The monoisotopic (exact) mass is 310 g/mol. The average molecular weight is 311 g/mol. The standard InChI is InChI=1S/C14H17ClN2O2.C2H6/c1-2-3-9-4-5-11(10(15)8-9)16-12-6-7-13(18)17-14(12)19;1-2/h4-5,8,12,16H,2-3,6-7H2,1H3,(H,17,18,19);1-2H3. The Hall–Kier alpha value is -1.55. The van der Waals surface area contributed by atoms with Crippen LogP contribution in [0.2, 0.25) is 5.02 Å². The molecule has 0 saturated carbocycles. The molecule has 1 saturated heterocycles. The molecule has 2 N–H and O–H groups in total. The SMILES string of the molecule is CC.CCCc1ccc(NC2CCC(=O)NC2=O)c(Cl)c1. The lowest BCUT2D eigenvalue weighted by molar-refractivity contribution is -0.133. The number of benzene rings is 1. The zero-order chi connectivity index (χ0) is 15.8. The van der Waals surface area contributed by atoms with Crippen molar-refractivity contribution in [3.63, 3.8) is 0 Å². The molecule has 0 bridgehead atoms. The Morgan fingerprint density at radius 2 is 2.05 bits per heavy atom. The Kier molecular flexibility index (Phi) is 7.23. The molecule has 1 aliphatic heterocycles. The van der Waals surface area contributed by atoms with Gasteiger partial charge in [-0.2, -0.15) is 0 Å². The Morgan fingerprint density at radius 1 is 1.33 bits per heavy atom. The zero-order valence-corrected chi connectivity index (χ0v) is 13.6. The molecule has 0 aliphatic carbocycles. The van der Waals surface area contributed by atoms with Gasteiger partial charge < -0.3 is 5.32 Å². The molecule has 21 heavy (non-hydrogen) atoms. The van der Waals surface area contributed by atoms with Crippen LogP contribution in [0.3, 0.4) is 0 Å². The molecule has 1 aromatic rings. The van der Waals surface area contributed by atoms with Gasteiger partial charge in [0.25, 0.3) is 0 Å². The van der Waals surface area contributed by atoms with Crippen LogP contribution in [0.4, 0.5) is 5.69 Å². The molecule has 0 aromatic heterocycles. The van der Waals surface area contributed by atoms with Crippen molar-refractivity contribution in [1.82, 2.24) is 5.32 Å². The largest absolute Gasteiger partial charge is 0.372 e. The average Bonchev–Trinajstić information content (AvgIpc) is 2.47. The van der Waals surface area contributed by atoms with Crippen molar-refractivity contribution in [2.75, 3.05) is 5.32 Å². The Bertz CT molecular complexity index is 503. The van der Waals surface area contributed by atoms with Crippen molar-refractivity contribution in [2.24, 2.45) is 0 Å². The van der Waals surface area contributed by atoms with E-state index in [1.54, 1.807) is 0 Å². The maximum Gasteiger partial charge on any atom is 0.249 e. The van der Waals surface area contributed by atoms with Crippen LogP contribution in [0, 0.1) is 0 Å². The highest BCUT2D eigenvalue weighted by Crippen LogP contribution is 2.25. The number of imide groups is 1. The number of carbonyl (C=O) groups is 2. The lowest BCUT2D eigenvalue weighted by atomic mass is 10.1. The van der Waals surface area contributed by atoms with Gasteiger partial charge in [0.2, 0.25) is 11.8 Å². The van der Waals surface area contributed by atoms with Crippen molar-refractivity contribution < 1.29 is 9.59 Å². The number of nitrogens with one attached hydrogen (secondary N) is 2. The second-order valence-electron chi connectivity index (χ2n) is 4.71. The summed E-state index contributed by atoms with van der Waals surface area (Å²) in [6.07, 6.45) is 2.90. The predicted molar refractivity (Wildman–Crippen MR) is 86.6 cm³/mol. The highest BCUT2D eigenvalue weighted by molar-refractivity contribution is 6.33. The van der Waals surface area contributed by atoms with Gasteiger partial charge in [-0.05, 0) is 30.5 Å². The van der Waals surface area contributed by atoms with Crippen LogP contribution in [0.1, 0.15) is 45.6 Å². The minimum atomic E-state index is -0.396. The molecule has 2 rings (SSSR count). The molecule has 5 heteroatoms. The van der Waals surface area contributed by atoms with Gasteiger partial charge in [0.15, 0.2) is 0 Å². The van der Waals surface area contributed by atoms with E-state index < -0.39 is 6.04 Å². The third-order valence-corrected chi connectivity index (χ3v) is 3.45. The van der Waals surface area contributed by atoms with E-state index in [0.29, 0.717) is 17.9 Å². The van der Waals surface area contributed by atoms with Crippen LogP contribution in [-0.4, -0.2) is 17.9 Å². The van der Waals surface area contributed by atoms with Crippen LogP contribution in [-0.2, 0) is 16.0 Å². The summed E-state index contributed by atoms with van der Waals surface area (Å²) in [7, 11) is 0. The van der Waals surface area contributed by atoms with Gasteiger partial charge in [0, 0.05) is 6.42 Å². The van der Waals surface area contributed by atoms with Crippen molar-refractivity contribution in [3.8, 4) is 0 Å². The molecule has 0 radical (unpaired) electrons. The highest BCUT2D eigenvalue weighted by atomic mass is 35.5. The van der Waals surface area contributed by atoms with Gasteiger partial charge in [-0.15, -0.1) is 0 Å². The Labute approximate surface area is 131 Å². The first-order chi connectivity index (χ1) is 10.1. The maximum atomic E-state index is 11.7. The Balaban J connectivity index is 0.00000106. The number of rotatable bonds is 4. The van der Waals surface area contributed by atoms with Crippen LogP contribution in [0.5, 0.6) is 0 Å². The summed E-state index contributed by atoms with van der Waals surface area (Å²) in [6.45, 7) is 6.11. The number of aryl methyl sites for hydroxylation is 1. The van der Waals surface area contributed by atoms with E-state index in [0.717, 1.165) is 18.5 Å². The minimum Gasteiger partial charge on any atom is -0.372 e. The molecular weight excluding hydrogens is 288 g/mol. The summed E-state index contributed by atoms with van der Waals surface area (Å²) in [5.74, 6) is -0.502. The van der Waals surface area contributed by atoms with E-state index >= 15 is 0 Å². The highest BCUT2D eigenvalue weighted by Gasteiger charge is 2.26. The van der Waals surface area contributed by atoms with Gasteiger partial charge in [-0.1, -0.05) is 44.9 Å². The fourth-order valence-corrected chi connectivity index (χ4v) is 2.40. The van der Waals surface area contributed by atoms with Crippen molar-refractivity contribution in [3.05, 3.63) is 28.8 Å². The number of piperidine rings is 1. The second kappa shape index (κ2) is 8.67. The first kappa shape index (κ1) is 17.5. The molecule has 1 heterocycles. The molecule has 2 amide bonds. The predicted octanol–water partition coefficient (Wildman–Crippen LogP) is 3.54. The quantitative estimate of drug-likeness (QED) is 0.836. The first-order valence-corrected chi connectivity index (χ1v) is 7.86. The number of anilines is 1. The van der Waals surface area contributed by atoms with Crippen LogP contribution in [0.25, 0.3) is 0 Å². The zero-order valence-electron chi connectivity index (χ0n) is 12.8. The topological polar surface area (TPSA) is 58.2 Å². The summed E-state index contributed by atoms with van der Waals surface area (Å²) >= 11 is 6.20. The molecule has 1 aromatic carbocycles. The van der Waals surface area contributed by atoms with Crippen LogP contribution >= 0.6 is 11.6 Å². The van der Waals surface area contributed by atoms with Gasteiger partial charge in [0.05, 0.1) is 10.7 Å². The summed E-state index contributed by atoms with van der Waals surface area (Å²) in [5.41, 5.74) is 1.91. The fraction of sp³-hybridized carbons (Fsp3) is 0.500. The molecule has 0 spiro atoms. The molecular formula is C16H23ClN2O2. The molecule has 1 aliphatic rings. The first-order valence-electron chi connectivity index (χ1n) is 7.49. The third-order valence-electron chi connectivity index (χ3n) is 3.14. The number of hydrogen-bond acceptors (Lipinski definition) is 3. The van der Waals surface area contributed by atoms with E-state index in [4.69, 9.17) is 11.6 Å². The maximum absolute atomic E-state index is 11.7. The minimum absolute atomic E-state index is 0.215. The molecule has 1 unspecified atom stereocenters. The van der Waals surface area contributed by atoms with Crippen molar-refractivity contribution in [2.45, 2.75) is 52.5 Å². The summed E-state index contributed by atoms with van der Waals surface area (Å²) in [4.78, 5) is 22.7. The molecule has 1 atom stereocenters. The van der Waals surface area contributed by atoms with Crippen molar-refractivity contribution >= 4 is 29.1 Å². The number of carbonyl (C=O) groups excluding carboxylic acids is 2. The van der Waals surface area contributed by atoms with E-state index in [2.05, 4.69) is 17.6 Å². The number of halogens is 1. The lowest BCUT2D eigenvalue weighted by Gasteiger charge is -2.23. The second-order valence-corrected chi connectivity index (χ2v) is 5.12. The van der Waals surface area contributed by atoms with Gasteiger partial charge >= 0.3 is 0 Å². The van der Waals surface area contributed by atoms with E-state index in [-0.39, 0.29) is 11.8 Å². The van der Waals surface area contributed by atoms with E-state index in [1.807, 2.05) is 32.0 Å². The van der Waals surface area contributed by atoms with E-state index in [1.165, 1.54) is 5.56 Å². The third kappa shape index (κ3) is 5.05. The molecule has 116 valence electrons. The number of hydrogen-bond donors (Lipinski definition) is 2. The number of amides is 2. The summed E-state index contributed by atoms with van der Waals surface area (Å²) in [6, 6.07) is 5.41. The van der Waals surface area contributed by atoms with Crippen LogP contribution < -0.4 is 10.6 Å². The van der Waals surface area contributed by atoms with Gasteiger partial charge in [0.1, 0.15) is 6.04 Å². The van der Waals surface area contributed by atoms with E-state index in [9.17, 15) is 9.59 Å². The summed E-state index contributed by atoms with van der Waals surface area (Å²) < 4.78 is 0. The smallest absolute Gasteiger partial charge is 0.249 e. The van der Waals surface area contributed by atoms with Crippen LogP contribution in [0.15, 0.2) is 18.2 Å². The van der Waals surface area contributed by atoms with Gasteiger partial charge in [-0.3, -0.25) is 14.9 Å². The van der Waals surface area contributed by atoms with Gasteiger partial charge in [-0.25, -0.2) is 0 Å². The summed E-state index contributed by atoms with van der Waals surface area (Å²) in [5, 5.41) is 6.02. The lowest BCUT2D eigenvalue weighted by Crippen LogP contribution is -2.47.